The summed E-state index contributed by atoms with van der Waals surface area (Å²) >= 11 is 0. The maximum Gasteiger partial charge on any atom is 0.490 e. The number of carboxylic acids is 1. The van der Waals surface area contributed by atoms with Crippen molar-refractivity contribution in [3.63, 3.8) is 0 Å². The Kier molecular flexibility index (Phi) is 5.33. The molecule has 0 radical (unpaired) electrons. The lowest BCUT2D eigenvalue weighted by Crippen LogP contribution is -2.33. The van der Waals surface area contributed by atoms with Crippen molar-refractivity contribution in [2.24, 2.45) is 0 Å². The zero-order valence-corrected chi connectivity index (χ0v) is 13.0. The summed E-state index contributed by atoms with van der Waals surface area (Å²) in [7, 11) is 0. The molecule has 132 valence electrons. The first kappa shape index (κ1) is 18.1. The summed E-state index contributed by atoms with van der Waals surface area (Å²) in [6.07, 6.45) is -3.03. The number of alkyl halides is 3. The average molecular weight is 345 g/mol. The number of carboxylic acid groups (broad SMARTS) is 1. The maximum atomic E-state index is 12.0. The summed E-state index contributed by atoms with van der Waals surface area (Å²) in [5.74, 6) is -2.76. The van der Waals surface area contributed by atoms with E-state index >= 15 is 0 Å². The molecule has 1 aliphatic rings. The van der Waals surface area contributed by atoms with Crippen LogP contribution in [-0.2, 0) is 4.79 Å². The van der Waals surface area contributed by atoms with Gasteiger partial charge in [-0.15, -0.1) is 0 Å². The standard InChI is InChI=1S/C13H17N3O.C2HF3O2/c1-9-2-3-11-12(8-9)16(13(17)15-11)10-4-6-14-7-5-10;3-2(4,5)1(6)7/h2-3,8,10,14H,4-7H2,1H3,(H,15,17);(H,6,7). The van der Waals surface area contributed by atoms with Crippen LogP contribution in [-0.4, -0.2) is 39.9 Å². The Morgan fingerprint density at radius 2 is 1.88 bits per heavy atom. The summed E-state index contributed by atoms with van der Waals surface area (Å²) in [6.45, 7) is 4.05. The molecule has 1 saturated heterocycles. The van der Waals surface area contributed by atoms with E-state index in [1.54, 1.807) is 0 Å². The quantitative estimate of drug-likeness (QED) is 0.739. The molecule has 0 saturated carbocycles. The number of halogens is 3. The molecule has 0 atom stereocenters. The summed E-state index contributed by atoms with van der Waals surface area (Å²) in [5.41, 5.74) is 3.21. The highest BCUT2D eigenvalue weighted by atomic mass is 19.4. The Balaban J connectivity index is 0.000000256. The monoisotopic (exact) mass is 345 g/mol. The molecule has 6 nitrogen and oxygen atoms in total. The predicted molar refractivity (Wildman–Crippen MR) is 82.1 cm³/mol. The molecule has 1 aromatic heterocycles. The van der Waals surface area contributed by atoms with Crippen LogP contribution in [0, 0.1) is 6.92 Å². The van der Waals surface area contributed by atoms with Crippen LogP contribution in [0.5, 0.6) is 0 Å². The van der Waals surface area contributed by atoms with Gasteiger partial charge in [0, 0.05) is 6.04 Å². The first-order chi connectivity index (χ1) is 11.2. The summed E-state index contributed by atoms with van der Waals surface area (Å²) in [5, 5.41) is 10.5. The first-order valence-corrected chi connectivity index (χ1v) is 7.42. The number of hydrogen-bond acceptors (Lipinski definition) is 3. The molecular formula is C15H18F3N3O3. The minimum Gasteiger partial charge on any atom is -0.475 e. The lowest BCUT2D eigenvalue weighted by atomic mass is 10.1. The van der Waals surface area contributed by atoms with Crippen molar-refractivity contribution in [1.29, 1.82) is 0 Å². The van der Waals surface area contributed by atoms with E-state index in [2.05, 4.69) is 23.3 Å². The number of nitrogens with one attached hydrogen (secondary N) is 2. The SMILES string of the molecule is Cc1ccc2[nH]c(=O)n(C3CCNCC3)c2c1.O=C(O)C(F)(F)F. The molecule has 1 aromatic carbocycles. The number of aryl methyl sites for hydroxylation is 1. The first-order valence-electron chi connectivity index (χ1n) is 7.42. The lowest BCUT2D eigenvalue weighted by Gasteiger charge is -2.23. The molecule has 0 amide bonds. The molecule has 1 aliphatic heterocycles. The second-order valence-corrected chi connectivity index (χ2v) is 5.60. The number of benzene rings is 1. The fourth-order valence-corrected chi connectivity index (χ4v) is 2.66. The van der Waals surface area contributed by atoms with E-state index in [1.807, 2.05) is 16.7 Å². The molecule has 0 unspecified atom stereocenters. The van der Waals surface area contributed by atoms with Gasteiger partial charge in [0.1, 0.15) is 0 Å². The summed E-state index contributed by atoms with van der Waals surface area (Å²) in [4.78, 5) is 23.9. The highest BCUT2D eigenvalue weighted by Gasteiger charge is 2.38. The Morgan fingerprint density at radius 1 is 1.29 bits per heavy atom. The van der Waals surface area contributed by atoms with Gasteiger partial charge in [-0.1, -0.05) is 6.07 Å². The van der Waals surface area contributed by atoms with Crippen molar-refractivity contribution >= 4 is 17.0 Å². The zero-order valence-electron chi connectivity index (χ0n) is 13.0. The number of imidazole rings is 1. The minimum absolute atomic E-state index is 0.0255. The van der Waals surface area contributed by atoms with Crippen LogP contribution in [0.2, 0.25) is 0 Å². The number of hydrogen-bond donors (Lipinski definition) is 3. The topological polar surface area (TPSA) is 87.1 Å². The molecule has 24 heavy (non-hydrogen) atoms. The number of piperidine rings is 1. The summed E-state index contributed by atoms with van der Waals surface area (Å²) < 4.78 is 33.7. The Bertz CT molecular complexity index is 774. The fourth-order valence-electron chi connectivity index (χ4n) is 2.66. The maximum absolute atomic E-state index is 12.0. The number of carbonyl (C=O) groups is 1. The van der Waals surface area contributed by atoms with E-state index in [4.69, 9.17) is 9.90 Å². The second kappa shape index (κ2) is 7.08. The third kappa shape index (κ3) is 4.16. The van der Waals surface area contributed by atoms with Crippen molar-refractivity contribution in [3.8, 4) is 0 Å². The van der Waals surface area contributed by atoms with Gasteiger partial charge < -0.3 is 15.4 Å². The predicted octanol–water partition coefficient (Wildman–Crippen LogP) is 2.20. The van der Waals surface area contributed by atoms with Crippen LogP contribution >= 0.6 is 0 Å². The number of aliphatic carboxylic acids is 1. The number of nitrogens with zero attached hydrogens (tertiary/aromatic N) is 1. The highest BCUT2D eigenvalue weighted by Crippen LogP contribution is 2.22. The third-order valence-corrected chi connectivity index (χ3v) is 3.79. The average Bonchev–Trinajstić information content (AvgIpc) is 2.83. The second-order valence-electron chi connectivity index (χ2n) is 5.60. The number of rotatable bonds is 1. The number of fused-ring (bicyclic) bond motifs is 1. The van der Waals surface area contributed by atoms with Gasteiger partial charge in [0.05, 0.1) is 11.0 Å². The van der Waals surface area contributed by atoms with Crippen LogP contribution in [0.15, 0.2) is 23.0 Å². The molecule has 0 aliphatic carbocycles. The number of aromatic nitrogens is 2. The van der Waals surface area contributed by atoms with Gasteiger partial charge >= 0.3 is 17.8 Å². The van der Waals surface area contributed by atoms with Gasteiger partial charge in [0.15, 0.2) is 0 Å². The Hall–Kier alpha value is -2.29. The molecule has 2 aromatic rings. The molecular weight excluding hydrogens is 327 g/mol. The van der Waals surface area contributed by atoms with Crippen molar-refractivity contribution in [2.45, 2.75) is 32.0 Å². The van der Waals surface area contributed by atoms with Gasteiger partial charge in [-0.25, -0.2) is 9.59 Å². The molecule has 0 bridgehead atoms. The van der Waals surface area contributed by atoms with E-state index < -0.39 is 12.1 Å². The molecule has 3 N–H and O–H groups in total. The van der Waals surface area contributed by atoms with E-state index in [1.165, 1.54) is 5.56 Å². The van der Waals surface area contributed by atoms with Crippen molar-refractivity contribution in [1.82, 2.24) is 14.9 Å². The van der Waals surface area contributed by atoms with Crippen LogP contribution in [0.25, 0.3) is 11.0 Å². The molecule has 0 spiro atoms. The van der Waals surface area contributed by atoms with Gasteiger partial charge in [0.2, 0.25) is 0 Å². The normalized spacial score (nSPS) is 15.8. The van der Waals surface area contributed by atoms with Gasteiger partial charge in [-0.3, -0.25) is 4.57 Å². The number of aromatic amines is 1. The van der Waals surface area contributed by atoms with Crippen molar-refractivity contribution < 1.29 is 23.1 Å². The van der Waals surface area contributed by atoms with Crippen molar-refractivity contribution in [3.05, 3.63) is 34.2 Å². The molecule has 1 fully saturated rings. The third-order valence-electron chi connectivity index (χ3n) is 3.79. The van der Waals surface area contributed by atoms with E-state index in [9.17, 15) is 18.0 Å². The largest absolute Gasteiger partial charge is 0.490 e. The van der Waals surface area contributed by atoms with E-state index in [0.717, 1.165) is 37.0 Å². The van der Waals surface area contributed by atoms with Crippen LogP contribution in [0.4, 0.5) is 13.2 Å². The fraction of sp³-hybridized carbons (Fsp3) is 0.467. The Labute approximate surface area is 135 Å². The van der Waals surface area contributed by atoms with E-state index in [0.29, 0.717) is 6.04 Å². The number of H-pyrrole nitrogens is 1. The minimum atomic E-state index is -5.08. The lowest BCUT2D eigenvalue weighted by molar-refractivity contribution is -0.192. The smallest absolute Gasteiger partial charge is 0.475 e. The summed E-state index contributed by atoms with van der Waals surface area (Å²) in [6, 6.07) is 6.45. The van der Waals surface area contributed by atoms with Crippen LogP contribution in [0.1, 0.15) is 24.4 Å². The van der Waals surface area contributed by atoms with Gasteiger partial charge in [0.25, 0.3) is 0 Å². The van der Waals surface area contributed by atoms with Crippen molar-refractivity contribution in [2.75, 3.05) is 13.1 Å². The molecule has 2 heterocycles. The molecule has 9 heteroatoms. The van der Waals surface area contributed by atoms with Gasteiger partial charge in [-0.05, 0) is 50.6 Å². The van der Waals surface area contributed by atoms with Crippen LogP contribution in [0.3, 0.4) is 0 Å². The molecule has 3 rings (SSSR count). The highest BCUT2D eigenvalue weighted by molar-refractivity contribution is 5.76. The van der Waals surface area contributed by atoms with Crippen LogP contribution < -0.4 is 11.0 Å². The zero-order chi connectivity index (χ0) is 17.9. The van der Waals surface area contributed by atoms with Gasteiger partial charge in [-0.2, -0.15) is 13.2 Å². The Morgan fingerprint density at radius 3 is 2.42 bits per heavy atom. The van der Waals surface area contributed by atoms with E-state index in [-0.39, 0.29) is 5.69 Å².